The maximum Gasteiger partial charge on any atom is 0.387 e. The molecule has 0 bridgehead atoms. The number of rotatable bonds is 7. The molecule has 0 radical (unpaired) electrons. The summed E-state index contributed by atoms with van der Waals surface area (Å²) < 4.78 is 31.0. The molecule has 35 heavy (non-hydrogen) atoms. The molecule has 1 aliphatic rings. The number of likely N-dealkylation sites (tertiary alicyclic amines) is 1. The topological polar surface area (TPSA) is 73.1 Å². The predicted octanol–water partition coefficient (Wildman–Crippen LogP) is 4.79. The Morgan fingerprint density at radius 3 is 2.63 bits per heavy atom. The molecule has 4 aromatic rings. The van der Waals surface area contributed by atoms with Crippen LogP contribution in [0.1, 0.15) is 34.9 Å². The molecule has 4 heterocycles. The third-order valence-corrected chi connectivity index (χ3v) is 6.33. The van der Waals surface area contributed by atoms with Crippen LogP contribution in [0.2, 0.25) is 0 Å². The molecule has 0 atom stereocenters. The standard InChI is InChI=1S/C26H25F2N5O2/c1-32-10-8-21(9-11-32)33-16-19(15-30-33)23-7-4-18-14-29-20(12-24(18)31-23)13-25(34)17-2-5-22(6-3-17)35-26(27)28/h2-7,12,14-16,21,26H,8-11,13H2,1H3. The van der Waals surface area contributed by atoms with Crippen molar-refractivity contribution in [3.8, 4) is 17.0 Å². The molecule has 0 saturated carbocycles. The van der Waals surface area contributed by atoms with Gasteiger partial charge in [-0.05, 0) is 75.4 Å². The van der Waals surface area contributed by atoms with E-state index >= 15 is 0 Å². The first-order valence-corrected chi connectivity index (χ1v) is 11.5. The van der Waals surface area contributed by atoms with Gasteiger partial charge in [0, 0.05) is 28.9 Å². The van der Waals surface area contributed by atoms with Gasteiger partial charge in [-0.3, -0.25) is 14.5 Å². The van der Waals surface area contributed by atoms with Crippen LogP contribution in [0, 0.1) is 0 Å². The maximum atomic E-state index is 12.7. The number of benzene rings is 1. The molecule has 1 fully saturated rings. The highest BCUT2D eigenvalue weighted by atomic mass is 19.3. The molecule has 9 heteroatoms. The second kappa shape index (κ2) is 9.87. The number of ether oxygens (including phenoxy) is 1. The van der Waals surface area contributed by atoms with E-state index in [1.54, 1.807) is 6.20 Å². The third kappa shape index (κ3) is 5.35. The van der Waals surface area contributed by atoms with Crippen LogP contribution in [-0.4, -0.2) is 57.2 Å². The van der Waals surface area contributed by atoms with Gasteiger partial charge in [-0.25, -0.2) is 4.98 Å². The minimum atomic E-state index is -2.90. The van der Waals surface area contributed by atoms with Crippen molar-refractivity contribution in [2.75, 3.05) is 20.1 Å². The van der Waals surface area contributed by atoms with E-state index in [0.717, 1.165) is 48.1 Å². The average molecular weight is 478 g/mol. The van der Waals surface area contributed by atoms with E-state index in [0.29, 0.717) is 17.3 Å². The van der Waals surface area contributed by atoms with Crippen molar-refractivity contribution in [1.82, 2.24) is 24.6 Å². The van der Waals surface area contributed by atoms with Crippen molar-refractivity contribution in [2.45, 2.75) is 31.9 Å². The first-order valence-electron chi connectivity index (χ1n) is 11.5. The zero-order chi connectivity index (χ0) is 24.4. The van der Waals surface area contributed by atoms with Crippen molar-refractivity contribution < 1.29 is 18.3 Å². The van der Waals surface area contributed by atoms with Gasteiger partial charge >= 0.3 is 6.61 Å². The van der Waals surface area contributed by atoms with E-state index in [1.807, 2.05) is 29.1 Å². The summed E-state index contributed by atoms with van der Waals surface area (Å²) in [6.07, 6.45) is 7.83. The fraction of sp³-hybridized carbons (Fsp3) is 0.308. The summed E-state index contributed by atoms with van der Waals surface area (Å²) in [5.41, 5.74) is 3.49. The molecule has 5 rings (SSSR count). The largest absolute Gasteiger partial charge is 0.435 e. The number of hydrogen-bond acceptors (Lipinski definition) is 6. The van der Waals surface area contributed by atoms with E-state index in [1.165, 1.54) is 24.3 Å². The Balaban J connectivity index is 1.32. The maximum absolute atomic E-state index is 12.7. The van der Waals surface area contributed by atoms with Crippen molar-refractivity contribution in [1.29, 1.82) is 0 Å². The first kappa shape index (κ1) is 23.0. The Morgan fingerprint density at radius 2 is 1.89 bits per heavy atom. The summed E-state index contributed by atoms with van der Waals surface area (Å²) >= 11 is 0. The van der Waals surface area contributed by atoms with Crippen LogP contribution in [0.25, 0.3) is 22.2 Å². The summed E-state index contributed by atoms with van der Waals surface area (Å²) in [5.74, 6) is -0.160. The molecule has 180 valence electrons. The van der Waals surface area contributed by atoms with E-state index < -0.39 is 6.61 Å². The molecule has 3 aromatic heterocycles. The number of Topliss-reactive ketones (excluding diaryl/α,β-unsaturated/α-hetero) is 1. The van der Waals surface area contributed by atoms with Gasteiger partial charge in [0.2, 0.25) is 0 Å². The van der Waals surface area contributed by atoms with Gasteiger partial charge in [0.25, 0.3) is 0 Å². The molecular weight excluding hydrogens is 452 g/mol. The molecule has 0 unspecified atom stereocenters. The Labute approximate surface area is 201 Å². The van der Waals surface area contributed by atoms with E-state index in [-0.39, 0.29) is 18.0 Å². The lowest BCUT2D eigenvalue weighted by atomic mass is 10.1. The van der Waals surface area contributed by atoms with Gasteiger partial charge in [0.15, 0.2) is 5.78 Å². The van der Waals surface area contributed by atoms with Crippen LogP contribution in [0.4, 0.5) is 8.78 Å². The van der Waals surface area contributed by atoms with Crippen LogP contribution >= 0.6 is 0 Å². The highest BCUT2D eigenvalue weighted by Crippen LogP contribution is 2.26. The van der Waals surface area contributed by atoms with Gasteiger partial charge < -0.3 is 9.64 Å². The smallest absolute Gasteiger partial charge is 0.387 e. The molecule has 0 amide bonds. The number of aromatic nitrogens is 4. The number of fused-ring (bicyclic) bond motifs is 1. The average Bonchev–Trinajstić information content (AvgIpc) is 3.34. The Hall–Kier alpha value is -3.72. The Morgan fingerprint density at radius 1 is 1.11 bits per heavy atom. The van der Waals surface area contributed by atoms with Gasteiger partial charge in [-0.1, -0.05) is 0 Å². The SMILES string of the molecule is CN1CCC(n2cc(-c3ccc4cnc(CC(=O)c5ccc(OC(F)F)cc5)cc4n3)cn2)CC1. The normalized spacial score (nSPS) is 15.1. The zero-order valence-electron chi connectivity index (χ0n) is 19.3. The van der Waals surface area contributed by atoms with Gasteiger partial charge in [0.05, 0.1) is 35.6 Å². The first-order chi connectivity index (χ1) is 16.9. The third-order valence-electron chi connectivity index (χ3n) is 6.33. The van der Waals surface area contributed by atoms with Gasteiger partial charge in [-0.15, -0.1) is 0 Å². The summed E-state index contributed by atoms with van der Waals surface area (Å²) in [6, 6.07) is 11.8. The van der Waals surface area contributed by atoms with Crippen molar-refractivity contribution in [3.05, 3.63) is 72.3 Å². The van der Waals surface area contributed by atoms with Crippen molar-refractivity contribution in [3.63, 3.8) is 0 Å². The van der Waals surface area contributed by atoms with Crippen LogP contribution in [0.3, 0.4) is 0 Å². The number of carbonyl (C=O) groups excluding carboxylic acids is 1. The number of halogens is 2. The van der Waals surface area contributed by atoms with Gasteiger partial charge in [0.1, 0.15) is 5.75 Å². The fourth-order valence-corrected chi connectivity index (χ4v) is 4.33. The number of pyridine rings is 2. The lowest BCUT2D eigenvalue weighted by Gasteiger charge is -2.28. The molecule has 7 nitrogen and oxygen atoms in total. The van der Waals surface area contributed by atoms with Crippen molar-refractivity contribution in [2.24, 2.45) is 0 Å². The Bertz CT molecular complexity index is 1330. The van der Waals surface area contributed by atoms with Crippen LogP contribution in [0.5, 0.6) is 5.75 Å². The lowest BCUT2D eigenvalue weighted by molar-refractivity contribution is -0.0498. The number of ketones is 1. The number of alkyl halides is 2. The molecular formula is C26H25F2N5O2. The molecule has 0 aliphatic carbocycles. The monoisotopic (exact) mass is 477 g/mol. The number of hydrogen-bond donors (Lipinski definition) is 0. The summed E-state index contributed by atoms with van der Waals surface area (Å²) in [4.78, 5) is 24.2. The second-order valence-corrected chi connectivity index (χ2v) is 8.81. The molecule has 1 aliphatic heterocycles. The second-order valence-electron chi connectivity index (χ2n) is 8.81. The van der Waals surface area contributed by atoms with E-state index in [9.17, 15) is 13.6 Å². The van der Waals surface area contributed by atoms with Crippen LogP contribution in [0.15, 0.2) is 61.1 Å². The minimum Gasteiger partial charge on any atom is -0.435 e. The zero-order valence-corrected chi connectivity index (χ0v) is 19.3. The summed E-state index contributed by atoms with van der Waals surface area (Å²) in [6.45, 7) is -0.772. The number of carbonyl (C=O) groups is 1. The predicted molar refractivity (Wildman–Crippen MR) is 128 cm³/mol. The summed E-state index contributed by atoms with van der Waals surface area (Å²) in [7, 11) is 2.14. The summed E-state index contributed by atoms with van der Waals surface area (Å²) in [5, 5.41) is 5.46. The minimum absolute atomic E-state index is 0.0104. The molecule has 0 spiro atoms. The Kier molecular flexibility index (Phi) is 6.50. The highest BCUT2D eigenvalue weighted by Gasteiger charge is 2.19. The fourth-order valence-electron chi connectivity index (χ4n) is 4.33. The van der Waals surface area contributed by atoms with Crippen LogP contribution in [-0.2, 0) is 6.42 Å². The lowest BCUT2D eigenvalue weighted by Crippen LogP contribution is -2.31. The molecule has 1 saturated heterocycles. The van der Waals surface area contributed by atoms with Crippen molar-refractivity contribution >= 4 is 16.7 Å². The number of nitrogens with zero attached hydrogens (tertiary/aromatic N) is 5. The highest BCUT2D eigenvalue weighted by molar-refractivity contribution is 5.97. The quantitative estimate of drug-likeness (QED) is 0.357. The molecule has 0 N–H and O–H groups in total. The van der Waals surface area contributed by atoms with E-state index in [2.05, 4.69) is 33.0 Å². The molecule has 1 aromatic carbocycles. The van der Waals surface area contributed by atoms with E-state index in [4.69, 9.17) is 4.98 Å². The van der Waals surface area contributed by atoms with Gasteiger partial charge in [-0.2, -0.15) is 13.9 Å². The van der Waals surface area contributed by atoms with Crippen LogP contribution < -0.4 is 4.74 Å². The number of piperidine rings is 1.